The highest BCUT2D eigenvalue weighted by Crippen LogP contribution is 2.17. The van der Waals surface area contributed by atoms with Gasteiger partial charge in [0.05, 0.1) is 17.1 Å². The molecule has 0 atom stereocenters. The lowest BCUT2D eigenvalue weighted by molar-refractivity contribution is 0.984. The van der Waals surface area contributed by atoms with Crippen molar-refractivity contribution >= 4 is 39.3 Å². The van der Waals surface area contributed by atoms with Crippen molar-refractivity contribution < 1.29 is 0 Å². The fourth-order valence-electron chi connectivity index (χ4n) is 1.48. The maximum absolute atomic E-state index is 8.45. The van der Waals surface area contributed by atoms with Gasteiger partial charge in [0.2, 0.25) is 0 Å². The minimum absolute atomic E-state index is 0.584. The highest BCUT2D eigenvalue weighted by molar-refractivity contribution is 8.23. The molecule has 0 amide bonds. The molecule has 86 valence electrons. The van der Waals surface area contributed by atoms with Crippen molar-refractivity contribution in [3.8, 4) is 6.07 Å². The highest BCUT2D eigenvalue weighted by atomic mass is 32.2. The Labute approximate surface area is 109 Å². The summed E-state index contributed by atoms with van der Waals surface area (Å²) < 4.78 is 2.71. The molecule has 0 spiro atoms. The molecule has 0 unspecified atom stereocenters. The summed E-state index contributed by atoms with van der Waals surface area (Å²) in [6, 6.07) is 10.0. The predicted octanol–water partition coefficient (Wildman–Crippen LogP) is 3.21. The van der Waals surface area contributed by atoms with E-state index in [1.54, 1.807) is 18.1 Å². The summed E-state index contributed by atoms with van der Waals surface area (Å²) in [5.74, 6) is 0.874. The number of imidazole rings is 1. The van der Waals surface area contributed by atoms with Gasteiger partial charge in [-0.05, 0) is 18.6 Å². The number of aromatic nitrogens is 2. The molecule has 0 aliphatic rings. The number of unbranched alkanes of at least 4 members (excludes halogenated alkanes) is 1. The summed E-state index contributed by atoms with van der Waals surface area (Å²) in [5, 5.41) is 8.45. The fraction of sp³-hybridized carbons (Fsp3) is 0.250. The Bertz CT molecular complexity index is 568. The van der Waals surface area contributed by atoms with Crippen molar-refractivity contribution in [1.29, 1.82) is 5.26 Å². The molecule has 3 nitrogen and oxygen atoms in total. The molecule has 0 fully saturated rings. The number of hydrogen-bond acceptors (Lipinski definition) is 4. The Hall–Kier alpha value is -1.38. The zero-order chi connectivity index (χ0) is 12.1. The first-order valence-corrected chi connectivity index (χ1v) is 6.68. The van der Waals surface area contributed by atoms with Crippen molar-refractivity contribution in [3.63, 3.8) is 0 Å². The summed E-state index contributed by atoms with van der Waals surface area (Å²) in [4.78, 5) is 4.29. The molecule has 2 aromatic rings. The minimum Gasteiger partial charge on any atom is -0.284 e. The molecule has 0 saturated heterocycles. The van der Waals surface area contributed by atoms with E-state index in [0.717, 1.165) is 27.5 Å². The van der Waals surface area contributed by atoms with Crippen LogP contribution in [-0.4, -0.2) is 19.6 Å². The summed E-state index contributed by atoms with van der Waals surface area (Å²) >= 11 is 6.95. The second kappa shape index (κ2) is 5.80. The summed E-state index contributed by atoms with van der Waals surface area (Å²) in [6.07, 6.45) is 3.21. The quantitative estimate of drug-likeness (QED) is 0.628. The molecule has 1 heterocycles. The van der Waals surface area contributed by atoms with Gasteiger partial charge in [0.1, 0.15) is 10.6 Å². The first-order valence-electron chi connectivity index (χ1n) is 5.29. The Morgan fingerprint density at radius 3 is 3.12 bits per heavy atom. The van der Waals surface area contributed by atoms with Gasteiger partial charge in [-0.2, -0.15) is 5.26 Å². The van der Waals surface area contributed by atoms with E-state index in [9.17, 15) is 0 Å². The molecule has 1 aromatic carbocycles. The van der Waals surface area contributed by atoms with Crippen LogP contribution in [0.3, 0.4) is 0 Å². The van der Waals surface area contributed by atoms with E-state index in [2.05, 4.69) is 11.1 Å². The molecule has 0 aliphatic carbocycles. The van der Waals surface area contributed by atoms with E-state index >= 15 is 0 Å². The standard InChI is InChI=1S/C12H11N3S2/c13-7-3-4-8-17-12(16)15-9-14-10-5-1-2-6-11(10)15/h1-2,5-6,9H,3-4,8H2. The molecule has 17 heavy (non-hydrogen) atoms. The molecular weight excluding hydrogens is 250 g/mol. The summed E-state index contributed by atoms with van der Waals surface area (Å²) in [7, 11) is 0. The monoisotopic (exact) mass is 261 g/mol. The second-order valence-electron chi connectivity index (χ2n) is 3.48. The third kappa shape index (κ3) is 2.84. The van der Waals surface area contributed by atoms with E-state index in [-0.39, 0.29) is 0 Å². The van der Waals surface area contributed by atoms with E-state index in [0.29, 0.717) is 6.42 Å². The van der Waals surface area contributed by atoms with Gasteiger partial charge in [-0.15, -0.1) is 0 Å². The van der Waals surface area contributed by atoms with Crippen LogP contribution in [0.1, 0.15) is 12.8 Å². The number of nitrogens with zero attached hydrogens (tertiary/aromatic N) is 3. The van der Waals surface area contributed by atoms with Crippen LogP contribution in [-0.2, 0) is 0 Å². The molecule has 1 aromatic heterocycles. The molecule has 0 aliphatic heterocycles. The van der Waals surface area contributed by atoms with Crippen LogP contribution in [0.5, 0.6) is 0 Å². The maximum atomic E-state index is 8.45. The van der Waals surface area contributed by atoms with Crippen LogP contribution >= 0.6 is 24.0 Å². The van der Waals surface area contributed by atoms with Gasteiger partial charge >= 0.3 is 0 Å². The maximum Gasteiger partial charge on any atom is 0.146 e. The zero-order valence-electron chi connectivity index (χ0n) is 9.17. The van der Waals surface area contributed by atoms with Crippen LogP contribution in [0.15, 0.2) is 30.6 Å². The van der Waals surface area contributed by atoms with Gasteiger partial charge in [-0.25, -0.2) is 4.98 Å². The van der Waals surface area contributed by atoms with Crippen molar-refractivity contribution in [3.05, 3.63) is 30.6 Å². The number of thioether (sulfide) groups is 1. The first kappa shape index (κ1) is 12.1. The summed E-state index contributed by atoms with van der Waals surface area (Å²) in [5.41, 5.74) is 1.98. The van der Waals surface area contributed by atoms with E-state index in [1.807, 2.05) is 28.8 Å². The normalized spacial score (nSPS) is 10.3. The lowest BCUT2D eigenvalue weighted by Gasteiger charge is -2.04. The Morgan fingerprint density at radius 2 is 2.29 bits per heavy atom. The smallest absolute Gasteiger partial charge is 0.146 e. The average Bonchev–Trinajstić information content (AvgIpc) is 2.78. The van der Waals surface area contributed by atoms with Crippen LogP contribution in [0.2, 0.25) is 0 Å². The SMILES string of the molecule is N#CCCCSC(=S)n1cnc2ccccc21. The predicted molar refractivity (Wildman–Crippen MR) is 75.0 cm³/mol. The minimum atomic E-state index is 0.584. The number of para-hydroxylation sites is 2. The van der Waals surface area contributed by atoms with Crippen LogP contribution in [0.25, 0.3) is 11.0 Å². The van der Waals surface area contributed by atoms with Crippen molar-refractivity contribution in [1.82, 2.24) is 9.55 Å². The fourth-order valence-corrected chi connectivity index (χ4v) is 2.63. The van der Waals surface area contributed by atoms with Gasteiger partial charge < -0.3 is 0 Å². The molecule has 2 rings (SSSR count). The molecule has 5 heteroatoms. The third-order valence-electron chi connectivity index (χ3n) is 2.31. The van der Waals surface area contributed by atoms with Crippen molar-refractivity contribution in [2.75, 3.05) is 5.75 Å². The number of thiocarbonyl (C=S) groups is 1. The Morgan fingerprint density at radius 1 is 1.47 bits per heavy atom. The molecule has 0 saturated carbocycles. The third-order valence-corrected chi connectivity index (χ3v) is 3.80. The second-order valence-corrected chi connectivity index (χ2v) is 5.21. The Kier molecular flexibility index (Phi) is 4.13. The van der Waals surface area contributed by atoms with Crippen molar-refractivity contribution in [2.24, 2.45) is 0 Å². The number of benzene rings is 1. The molecule has 0 bridgehead atoms. The van der Waals surface area contributed by atoms with Gasteiger partial charge in [-0.3, -0.25) is 4.57 Å². The number of fused-ring (bicyclic) bond motifs is 1. The number of nitriles is 1. The highest BCUT2D eigenvalue weighted by Gasteiger charge is 2.06. The van der Waals surface area contributed by atoms with E-state index in [4.69, 9.17) is 17.5 Å². The van der Waals surface area contributed by atoms with Crippen LogP contribution in [0, 0.1) is 11.3 Å². The molecular formula is C12H11N3S2. The Balaban J connectivity index is 2.07. The van der Waals surface area contributed by atoms with Gasteiger partial charge in [0.25, 0.3) is 0 Å². The molecule has 0 N–H and O–H groups in total. The van der Waals surface area contributed by atoms with Crippen molar-refractivity contribution in [2.45, 2.75) is 12.8 Å². The largest absolute Gasteiger partial charge is 0.284 e. The van der Waals surface area contributed by atoms with Gasteiger partial charge in [0.15, 0.2) is 0 Å². The van der Waals surface area contributed by atoms with Crippen LogP contribution < -0.4 is 0 Å². The zero-order valence-corrected chi connectivity index (χ0v) is 10.8. The first-order chi connectivity index (χ1) is 8.33. The topological polar surface area (TPSA) is 41.6 Å². The van der Waals surface area contributed by atoms with E-state index < -0.39 is 0 Å². The lowest BCUT2D eigenvalue weighted by Crippen LogP contribution is -2.03. The lowest BCUT2D eigenvalue weighted by atomic mass is 10.3. The van der Waals surface area contributed by atoms with Gasteiger partial charge in [0, 0.05) is 12.2 Å². The average molecular weight is 261 g/mol. The van der Waals surface area contributed by atoms with Crippen LogP contribution in [0.4, 0.5) is 0 Å². The molecule has 0 radical (unpaired) electrons. The number of rotatable bonds is 3. The van der Waals surface area contributed by atoms with Gasteiger partial charge in [-0.1, -0.05) is 36.1 Å². The number of hydrogen-bond donors (Lipinski definition) is 0. The van der Waals surface area contributed by atoms with E-state index in [1.165, 1.54) is 0 Å². The summed E-state index contributed by atoms with van der Waals surface area (Å²) in [6.45, 7) is 0.